The van der Waals surface area contributed by atoms with Crippen LogP contribution >= 0.6 is 12.2 Å². The lowest BCUT2D eigenvalue weighted by Gasteiger charge is -2.26. The molecule has 1 atom stereocenters. The van der Waals surface area contributed by atoms with E-state index in [-0.39, 0.29) is 6.10 Å². The van der Waals surface area contributed by atoms with Gasteiger partial charge in [0.1, 0.15) is 0 Å². The first-order valence-electron chi connectivity index (χ1n) is 5.26. The van der Waals surface area contributed by atoms with Gasteiger partial charge in [-0.25, -0.2) is 0 Å². The molecule has 1 aliphatic rings. The Morgan fingerprint density at radius 3 is 2.93 bits per heavy atom. The van der Waals surface area contributed by atoms with Crippen LogP contribution in [0.1, 0.15) is 27.2 Å². The van der Waals surface area contributed by atoms with E-state index >= 15 is 0 Å². The molecular weight excluding hydrogens is 196 g/mol. The maximum absolute atomic E-state index is 5.56. The Balaban J connectivity index is 2.44. The first kappa shape index (κ1) is 11.7. The molecule has 1 unspecified atom stereocenters. The Morgan fingerprint density at radius 2 is 2.29 bits per heavy atom. The average Bonchev–Trinajstić information content (AvgIpc) is 2.28. The molecule has 14 heavy (non-hydrogen) atoms. The topological polar surface area (TPSA) is 24.5 Å². The molecule has 82 valence electrons. The Hall–Kier alpha value is -0.350. The molecule has 0 aromatic rings. The van der Waals surface area contributed by atoms with Crippen molar-refractivity contribution < 1.29 is 4.74 Å². The Kier molecular flexibility index (Phi) is 4.62. The summed E-state index contributed by atoms with van der Waals surface area (Å²) in [7, 11) is 0. The van der Waals surface area contributed by atoms with Crippen LogP contribution in [-0.2, 0) is 4.74 Å². The molecule has 1 fully saturated rings. The number of nitrogens with one attached hydrogen (secondary N) is 1. The highest BCUT2D eigenvalue weighted by molar-refractivity contribution is 7.80. The van der Waals surface area contributed by atoms with Gasteiger partial charge in [-0.1, -0.05) is 0 Å². The molecule has 1 aliphatic heterocycles. The van der Waals surface area contributed by atoms with Gasteiger partial charge in [-0.3, -0.25) is 0 Å². The molecule has 0 bridgehead atoms. The molecule has 0 aromatic heterocycles. The quantitative estimate of drug-likeness (QED) is 0.669. The van der Waals surface area contributed by atoms with Crippen LogP contribution in [0.5, 0.6) is 0 Å². The van der Waals surface area contributed by atoms with Gasteiger partial charge >= 0.3 is 0 Å². The minimum Gasteiger partial charge on any atom is -0.377 e. The summed E-state index contributed by atoms with van der Waals surface area (Å²) in [6.45, 7) is 9.05. The summed E-state index contributed by atoms with van der Waals surface area (Å²) < 4.78 is 5.56. The van der Waals surface area contributed by atoms with Gasteiger partial charge in [0.05, 0.1) is 6.10 Å². The zero-order chi connectivity index (χ0) is 10.6. The van der Waals surface area contributed by atoms with Crippen molar-refractivity contribution in [2.24, 2.45) is 0 Å². The second kappa shape index (κ2) is 5.51. The predicted molar refractivity (Wildman–Crippen MR) is 62.5 cm³/mol. The van der Waals surface area contributed by atoms with Crippen molar-refractivity contribution in [1.29, 1.82) is 0 Å². The van der Waals surface area contributed by atoms with Gasteiger partial charge in [0, 0.05) is 25.7 Å². The van der Waals surface area contributed by atoms with Crippen molar-refractivity contribution in [3.63, 3.8) is 0 Å². The van der Waals surface area contributed by atoms with E-state index in [0.29, 0.717) is 6.04 Å². The first-order valence-corrected chi connectivity index (χ1v) is 5.67. The zero-order valence-electron chi connectivity index (χ0n) is 9.25. The number of ether oxygens (including phenoxy) is 1. The van der Waals surface area contributed by atoms with E-state index < -0.39 is 0 Å². The van der Waals surface area contributed by atoms with E-state index in [0.717, 1.165) is 31.2 Å². The standard InChI is InChI=1S/C10H20N2OS/c1-8(2)11-10(14)12-5-4-6-13-9(3)7-12/h8-9H,4-7H2,1-3H3,(H,11,14). The fourth-order valence-corrected chi connectivity index (χ4v) is 1.92. The van der Waals surface area contributed by atoms with Crippen molar-refractivity contribution in [2.75, 3.05) is 19.7 Å². The van der Waals surface area contributed by atoms with Gasteiger partial charge in [0.15, 0.2) is 5.11 Å². The second-order valence-electron chi connectivity index (χ2n) is 4.09. The van der Waals surface area contributed by atoms with Crippen LogP contribution in [0.25, 0.3) is 0 Å². The van der Waals surface area contributed by atoms with E-state index in [1.807, 2.05) is 0 Å². The van der Waals surface area contributed by atoms with Crippen LogP contribution in [0.2, 0.25) is 0 Å². The van der Waals surface area contributed by atoms with E-state index in [1.165, 1.54) is 0 Å². The number of hydrogen-bond acceptors (Lipinski definition) is 2. The van der Waals surface area contributed by atoms with Gasteiger partial charge in [0.2, 0.25) is 0 Å². The minimum absolute atomic E-state index is 0.282. The van der Waals surface area contributed by atoms with E-state index in [9.17, 15) is 0 Å². The maximum atomic E-state index is 5.56. The lowest BCUT2D eigenvalue weighted by atomic mass is 10.3. The molecule has 0 aliphatic carbocycles. The van der Waals surface area contributed by atoms with Crippen molar-refractivity contribution in [1.82, 2.24) is 10.2 Å². The predicted octanol–water partition coefficient (Wildman–Crippen LogP) is 1.38. The van der Waals surface area contributed by atoms with Crippen molar-refractivity contribution in [3.05, 3.63) is 0 Å². The molecule has 1 rings (SSSR count). The number of thiocarbonyl (C=S) groups is 1. The van der Waals surface area contributed by atoms with Crippen LogP contribution in [0, 0.1) is 0 Å². The molecule has 0 amide bonds. The number of hydrogen-bond donors (Lipinski definition) is 1. The SMILES string of the molecule is CC(C)NC(=S)N1CCCOC(C)C1. The molecule has 3 nitrogen and oxygen atoms in total. The largest absolute Gasteiger partial charge is 0.377 e. The molecule has 1 saturated heterocycles. The van der Waals surface area contributed by atoms with Crippen molar-refractivity contribution in [2.45, 2.75) is 39.3 Å². The normalized spacial score (nSPS) is 23.4. The number of rotatable bonds is 1. The maximum Gasteiger partial charge on any atom is 0.169 e. The molecule has 0 spiro atoms. The summed E-state index contributed by atoms with van der Waals surface area (Å²) in [4.78, 5) is 2.20. The lowest BCUT2D eigenvalue weighted by Crippen LogP contribution is -2.45. The van der Waals surface area contributed by atoms with Gasteiger partial charge in [-0.15, -0.1) is 0 Å². The fourth-order valence-electron chi connectivity index (χ4n) is 1.52. The molecule has 0 aromatic carbocycles. The van der Waals surface area contributed by atoms with Gasteiger partial charge in [0.25, 0.3) is 0 Å². The fraction of sp³-hybridized carbons (Fsp3) is 0.900. The van der Waals surface area contributed by atoms with Gasteiger partial charge in [-0.2, -0.15) is 0 Å². The first-order chi connectivity index (χ1) is 6.59. The van der Waals surface area contributed by atoms with Crippen LogP contribution in [0.3, 0.4) is 0 Å². The summed E-state index contributed by atoms with van der Waals surface area (Å²) in [5.41, 5.74) is 0. The smallest absolute Gasteiger partial charge is 0.169 e. The summed E-state index contributed by atoms with van der Waals surface area (Å²) >= 11 is 5.32. The van der Waals surface area contributed by atoms with Crippen LogP contribution in [0.4, 0.5) is 0 Å². The highest BCUT2D eigenvalue weighted by atomic mass is 32.1. The van der Waals surface area contributed by atoms with Crippen LogP contribution in [0.15, 0.2) is 0 Å². The molecule has 4 heteroatoms. The average molecular weight is 216 g/mol. The number of nitrogens with zero attached hydrogens (tertiary/aromatic N) is 1. The van der Waals surface area contributed by atoms with E-state index in [1.54, 1.807) is 0 Å². The highest BCUT2D eigenvalue weighted by Crippen LogP contribution is 2.05. The molecule has 1 N–H and O–H groups in total. The third-order valence-corrected chi connectivity index (χ3v) is 2.53. The lowest BCUT2D eigenvalue weighted by molar-refractivity contribution is 0.0742. The Bertz CT molecular complexity index is 197. The van der Waals surface area contributed by atoms with Crippen molar-refractivity contribution in [3.8, 4) is 0 Å². The van der Waals surface area contributed by atoms with E-state index in [2.05, 4.69) is 31.0 Å². The summed E-state index contributed by atoms with van der Waals surface area (Å²) in [6, 6.07) is 0.405. The van der Waals surface area contributed by atoms with Crippen molar-refractivity contribution >= 4 is 17.3 Å². The molecule has 0 radical (unpaired) electrons. The zero-order valence-corrected chi connectivity index (χ0v) is 10.1. The Labute approximate surface area is 91.8 Å². The Morgan fingerprint density at radius 1 is 1.57 bits per heavy atom. The summed E-state index contributed by atoms with van der Waals surface area (Å²) in [5.74, 6) is 0. The molecular formula is C10H20N2OS. The summed E-state index contributed by atoms with van der Waals surface area (Å²) in [5, 5.41) is 4.12. The van der Waals surface area contributed by atoms with Gasteiger partial charge in [-0.05, 0) is 39.4 Å². The molecule has 1 heterocycles. The van der Waals surface area contributed by atoms with Crippen LogP contribution in [-0.4, -0.2) is 41.9 Å². The van der Waals surface area contributed by atoms with Crippen LogP contribution < -0.4 is 5.32 Å². The minimum atomic E-state index is 0.282. The van der Waals surface area contributed by atoms with E-state index in [4.69, 9.17) is 17.0 Å². The third-order valence-electron chi connectivity index (χ3n) is 2.15. The molecule has 0 saturated carbocycles. The summed E-state index contributed by atoms with van der Waals surface area (Å²) in [6.07, 6.45) is 1.34. The monoisotopic (exact) mass is 216 g/mol. The van der Waals surface area contributed by atoms with Gasteiger partial charge < -0.3 is 15.0 Å². The second-order valence-corrected chi connectivity index (χ2v) is 4.47. The third kappa shape index (κ3) is 3.80. The highest BCUT2D eigenvalue weighted by Gasteiger charge is 2.17.